The van der Waals surface area contributed by atoms with Crippen LogP contribution < -0.4 is 11.1 Å². The predicted octanol–water partition coefficient (Wildman–Crippen LogP) is 3.72. The number of hydrogen-bond acceptors (Lipinski definition) is 3. The van der Waals surface area contributed by atoms with Crippen LogP contribution in [0.15, 0.2) is 24.4 Å². The van der Waals surface area contributed by atoms with Crippen molar-refractivity contribution in [3.05, 3.63) is 35.0 Å². The summed E-state index contributed by atoms with van der Waals surface area (Å²) in [5.41, 5.74) is 7.54. The summed E-state index contributed by atoms with van der Waals surface area (Å²) in [6.45, 7) is 2.43. The van der Waals surface area contributed by atoms with Crippen molar-refractivity contribution in [3.63, 3.8) is 0 Å². The smallest absolute Gasteiger partial charge is 0.253 e. The van der Waals surface area contributed by atoms with Crippen LogP contribution in [-0.2, 0) is 11.3 Å². The Balaban J connectivity index is 1.55. The van der Waals surface area contributed by atoms with Crippen molar-refractivity contribution >= 4 is 28.4 Å². The molecule has 2 aliphatic rings. The number of fused-ring (bicyclic) bond motifs is 1. The minimum absolute atomic E-state index is 0.0490. The number of rotatable bonds is 5. The van der Waals surface area contributed by atoms with Gasteiger partial charge in [0.05, 0.1) is 34.9 Å². The first-order valence-corrected chi connectivity index (χ1v) is 10.4. The van der Waals surface area contributed by atoms with Crippen LogP contribution in [-0.4, -0.2) is 35.8 Å². The van der Waals surface area contributed by atoms with Gasteiger partial charge < -0.3 is 20.4 Å². The van der Waals surface area contributed by atoms with E-state index in [1.807, 2.05) is 29.0 Å². The van der Waals surface area contributed by atoms with Crippen LogP contribution in [0.3, 0.4) is 0 Å². The molecule has 2 heterocycles. The second-order valence-electron chi connectivity index (χ2n) is 8.23. The summed E-state index contributed by atoms with van der Waals surface area (Å²) in [6, 6.07) is 5.74. The molecule has 2 aromatic rings. The van der Waals surface area contributed by atoms with Crippen molar-refractivity contribution in [1.82, 2.24) is 9.88 Å². The van der Waals surface area contributed by atoms with Crippen molar-refractivity contribution in [2.24, 2.45) is 11.7 Å². The van der Waals surface area contributed by atoms with Crippen LogP contribution in [0.4, 0.5) is 0 Å². The Morgan fingerprint density at radius 2 is 2.00 bits per heavy atom. The van der Waals surface area contributed by atoms with Crippen LogP contribution >= 0.6 is 11.6 Å². The Kier molecular flexibility index (Phi) is 5.44. The summed E-state index contributed by atoms with van der Waals surface area (Å²) < 4.78 is 7.32. The third kappa shape index (κ3) is 4.00. The van der Waals surface area contributed by atoms with E-state index >= 15 is 0 Å². The number of carbonyl (C=O) groups excluding carboxylic acids is 1. The third-order valence-electron chi connectivity index (χ3n) is 5.89. The Morgan fingerprint density at radius 3 is 2.67 bits per heavy atom. The van der Waals surface area contributed by atoms with E-state index in [0.29, 0.717) is 36.3 Å². The van der Waals surface area contributed by atoms with Gasteiger partial charge in [-0.1, -0.05) is 43.4 Å². The molecule has 0 atom stereocenters. The second kappa shape index (κ2) is 7.82. The molecule has 1 aromatic heterocycles. The lowest BCUT2D eigenvalue weighted by atomic mass is 9.99. The average molecular weight is 390 g/mol. The summed E-state index contributed by atoms with van der Waals surface area (Å²) in [6.07, 6.45) is 9.48. The van der Waals surface area contributed by atoms with Crippen molar-refractivity contribution in [2.45, 2.75) is 50.6 Å². The molecule has 0 bridgehead atoms. The number of nitrogens with two attached hydrogens (primary N) is 1. The number of ether oxygens (including phenoxy) is 1. The molecule has 4 rings (SSSR count). The van der Waals surface area contributed by atoms with Crippen LogP contribution in [0.25, 0.3) is 10.9 Å². The van der Waals surface area contributed by atoms with Crippen molar-refractivity contribution in [2.75, 3.05) is 19.8 Å². The molecule has 0 radical (unpaired) electrons. The van der Waals surface area contributed by atoms with Gasteiger partial charge in [-0.05, 0) is 30.9 Å². The molecule has 2 fully saturated rings. The van der Waals surface area contributed by atoms with Gasteiger partial charge in [0.15, 0.2) is 0 Å². The standard InChI is InChI=1S/C21H28ClN3O2/c22-17-8-5-9-18-19(17)16(11-25(18)12-21(23)13-27-14-21)20(26)24-10-15-6-3-1-2-4-7-15/h5,8-9,11,15H,1-4,6-7,10,12-14,23H2,(H,24,26). The summed E-state index contributed by atoms with van der Waals surface area (Å²) in [5.74, 6) is 0.534. The lowest BCUT2D eigenvalue weighted by molar-refractivity contribution is -0.0607. The van der Waals surface area contributed by atoms with Gasteiger partial charge in [-0.25, -0.2) is 0 Å². The minimum Gasteiger partial charge on any atom is -0.377 e. The van der Waals surface area contributed by atoms with Crippen LogP contribution in [0.1, 0.15) is 48.9 Å². The van der Waals surface area contributed by atoms with E-state index in [1.54, 1.807) is 0 Å². The highest BCUT2D eigenvalue weighted by Gasteiger charge is 2.35. The molecule has 3 N–H and O–H groups in total. The van der Waals surface area contributed by atoms with E-state index in [-0.39, 0.29) is 11.4 Å². The summed E-state index contributed by atoms with van der Waals surface area (Å²) in [4.78, 5) is 13.0. The van der Waals surface area contributed by atoms with E-state index in [4.69, 9.17) is 22.1 Å². The third-order valence-corrected chi connectivity index (χ3v) is 6.21. The Bertz CT molecular complexity index is 820. The maximum atomic E-state index is 13.0. The zero-order valence-corrected chi connectivity index (χ0v) is 16.4. The highest BCUT2D eigenvalue weighted by atomic mass is 35.5. The zero-order valence-electron chi connectivity index (χ0n) is 15.7. The van der Waals surface area contributed by atoms with Crippen LogP contribution in [0.2, 0.25) is 5.02 Å². The molecule has 1 saturated heterocycles. The van der Waals surface area contributed by atoms with E-state index in [1.165, 1.54) is 38.5 Å². The molecule has 1 amide bonds. The molecule has 1 aliphatic carbocycles. The molecular weight excluding hydrogens is 362 g/mol. The Labute approximate surface area is 165 Å². The van der Waals surface area contributed by atoms with E-state index in [9.17, 15) is 4.79 Å². The van der Waals surface area contributed by atoms with Crippen LogP contribution in [0.5, 0.6) is 0 Å². The van der Waals surface area contributed by atoms with Crippen LogP contribution in [0, 0.1) is 5.92 Å². The van der Waals surface area contributed by atoms with Crippen molar-refractivity contribution in [1.29, 1.82) is 0 Å². The monoisotopic (exact) mass is 389 g/mol. The first-order valence-electron chi connectivity index (χ1n) is 9.98. The Morgan fingerprint density at radius 1 is 1.26 bits per heavy atom. The number of hydrogen-bond donors (Lipinski definition) is 2. The fourth-order valence-electron chi connectivity index (χ4n) is 4.31. The zero-order chi connectivity index (χ0) is 18.9. The first-order chi connectivity index (χ1) is 13.1. The van der Waals surface area contributed by atoms with Gasteiger partial charge in [0, 0.05) is 24.7 Å². The summed E-state index contributed by atoms with van der Waals surface area (Å²) in [5, 5.41) is 4.56. The fraction of sp³-hybridized carbons (Fsp3) is 0.571. The number of aromatic nitrogens is 1. The number of carbonyl (C=O) groups is 1. The van der Waals surface area contributed by atoms with E-state index in [2.05, 4.69) is 5.32 Å². The second-order valence-corrected chi connectivity index (χ2v) is 8.63. The molecule has 1 aliphatic heterocycles. The van der Waals surface area contributed by atoms with Gasteiger partial charge in [0.2, 0.25) is 0 Å². The predicted molar refractivity (Wildman–Crippen MR) is 108 cm³/mol. The average Bonchev–Trinajstić information content (AvgIpc) is 2.81. The van der Waals surface area contributed by atoms with Gasteiger partial charge in [-0.15, -0.1) is 0 Å². The summed E-state index contributed by atoms with van der Waals surface area (Å²) >= 11 is 6.46. The molecule has 0 spiro atoms. The molecule has 1 saturated carbocycles. The number of nitrogens with one attached hydrogen (secondary N) is 1. The minimum atomic E-state index is -0.373. The molecule has 6 heteroatoms. The molecule has 0 unspecified atom stereocenters. The summed E-state index contributed by atoms with van der Waals surface area (Å²) in [7, 11) is 0. The maximum absolute atomic E-state index is 13.0. The Hall–Kier alpha value is -1.56. The maximum Gasteiger partial charge on any atom is 0.253 e. The largest absolute Gasteiger partial charge is 0.377 e. The molecular formula is C21H28ClN3O2. The van der Waals surface area contributed by atoms with Gasteiger partial charge in [-0.2, -0.15) is 0 Å². The van der Waals surface area contributed by atoms with Crippen molar-refractivity contribution in [3.8, 4) is 0 Å². The van der Waals surface area contributed by atoms with Gasteiger partial charge in [0.25, 0.3) is 5.91 Å². The molecule has 146 valence electrons. The number of nitrogens with zero attached hydrogens (tertiary/aromatic N) is 1. The first kappa shape index (κ1) is 18.8. The number of benzene rings is 1. The molecule has 5 nitrogen and oxygen atoms in total. The quantitative estimate of drug-likeness (QED) is 0.765. The van der Waals surface area contributed by atoms with E-state index in [0.717, 1.165) is 17.4 Å². The van der Waals surface area contributed by atoms with Gasteiger partial charge >= 0.3 is 0 Å². The van der Waals surface area contributed by atoms with Gasteiger partial charge in [0.1, 0.15) is 0 Å². The molecule has 27 heavy (non-hydrogen) atoms. The van der Waals surface area contributed by atoms with E-state index < -0.39 is 0 Å². The number of amides is 1. The lowest BCUT2D eigenvalue weighted by Gasteiger charge is -2.38. The molecule has 1 aromatic carbocycles. The van der Waals surface area contributed by atoms with Gasteiger partial charge in [-0.3, -0.25) is 4.79 Å². The SMILES string of the molecule is NC1(Cn2cc(C(=O)NCC3CCCCCC3)c3c(Cl)cccc32)COC1. The highest BCUT2D eigenvalue weighted by molar-refractivity contribution is 6.36. The number of halogens is 1. The van der Waals surface area contributed by atoms with Crippen molar-refractivity contribution < 1.29 is 9.53 Å². The lowest BCUT2D eigenvalue weighted by Crippen LogP contribution is -2.59. The fourth-order valence-corrected chi connectivity index (χ4v) is 4.58. The highest BCUT2D eigenvalue weighted by Crippen LogP contribution is 2.31. The normalized spacial score (nSPS) is 20.2. The topological polar surface area (TPSA) is 69.3 Å².